The first kappa shape index (κ1) is 27.0. The van der Waals surface area contributed by atoms with Gasteiger partial charge in [-0.25, -0.2) is 0 Å². The van der Waals surface area contributed by atoms with E-state index in [2.05, 4.69) is 5.32 Å². The second kappa shape index (κ2) is 12.9. The third-order valence-corrected chi connectivity index (χ3v) is 6.87. The number of methoxy groups -OCH3 is 2. The molecular formula is C26H32Cl2N2O5. The molecule has 2 amide bonds. The molecule has 1 atom stereocenters. The van der Waals surface area contributed by atoms with Crippen molar-refractivity contribution >= 4 is 35.0 Å². The zero-order chi connectivity index (χ0) is 25.4. The first-order chi connectivity index (χ1) is 16.9. The third-order valence-electron chi connectivity index (χ3n) is 6.16. The number of ether oxygens (including phenoxy) is 3. The number of nitrogens with zero attached hydrogens (tertiary/aromatic N) is 1. The van der Waals surface area contributed by atoms with Crippen LogP contribution in [0.15, 0.2) is 36.4 Å². The summed E-state index contributed by atoms with van der Waals surface area (Å²) in [6.07, 6.45) is 4.52. The molecule has 1 N–H and O–H groups in total. The normalized spacial score (nSPS) is 14.3. The molecule has 190 valence electrons. The van der Waals surface area contributed by atoms with Gasteiger partial charge in [-0.15, -0.1) is 0 Å². The van der Waals surface area contributed by atoms with E-state index in [4.69, 9.17) is 37.4 Å². The van der Waals surface area contributed by atoms with Gasteiger partial charge in [0.05, 0.1) is 14.2 Å². The average molecular weight is 523 g/mol. The summed E-state index contributed by atoms with van der Waals surface area (Å²) in [7, 11) is 3.07. The smallest absolute Gasteiger partial charge is 0.261 e. The molecule has 35 heavy (non-hydrogen) atoms. The Balaban J connectivity index is 1.83. The molecular weight excluding hydrogens is 491 g/mol. The van der Waals surface area contributed by atoms with Gasteiger partial charge in [-0.3, -0.25) is 9.59 Å². The SMILES string of the molecule is CC[C@H](C(=O)NC1CCCC1)N(Cc1c(Cl)cccc1Cl)C(=O)COc1cc(OC)cc(OC)c1. The van der Waals surface area contributed by atoms with Crippen LogP contribution in [0, 0.1) is 0 Å². The number of rotatable bonds is 11. The Kier molecular flexibility index (Phi) is 9.93. The Morgan fingerprint density at radius 1 is 1.03 bits per heavy atom. The van der Waals surface area contributed by atoms with Gasteiger partial charge in [0, 0.05) is 46.4 Å². The summed E-state index contributed by atoms with van der Waals surface area (Å²) < 4.78 is 16.3. The Morgan fingerprint density at radius 2 is 1.60 bits per heavy atom. The van der Waals surface area contributed by atoms with Gasteiger partial charge in [-0.2, -0.15) is 0 Å². The van der Waals surface area contributed by atoms with E-state index in [1.807, 2.05) is 6.92 Å². The zero-order valence-corrected chi connectivity index (χ0v) is 21.8. The van der Waals surface area contributed by atoms with Gasteiger partial charge in [0.2, 0.25) is 5.91 Å². The van der Waals surface area contributed by atoms with Crippen LogP contribution < -0.4 is 19.5 Å². The topological polar surface area (TPSA) is 77.1 Å². The first-order valence-corrected chi connectivity index (χ1v) is 12.5. The summed E-state index contributed by atoms with van der Waals surface area (Å²) >= 11 is 12.8. The summed E-state index contributed by atoms with van der Waals surface area (Å²) in [6, 6.07) is 9.64. The van der Waals surface area contributed by atoms with Crippen molar-refractivity contribution in [2.75, 3.05) is 20.8 Å². The zero-order valence-electron chi connectivity index (χ0n) is 20.3. The van der Waals surface area contributed by atoms with Crippen LogP contribution in [-0.4, -0.2) is 49.6 Å². The summed E-state index contributed by atoms with van der Waals surface area (Å²) in [5, 5.41) is 3.97. The van der Waals surface area contributed by atoms with Crippen molar-refractivity contribution < 1.29 is 23.8 Å². The van der Waals surface area contributed by atoms with Crippen LogP contribution in [0.1, 0.15) is 44.6 Å². The van der Waals surface area contributed by atoms with Crippen molar-refractivity contribution in [2.24, 2.45) is 0 Å². The molecule has 0 heterocycles. The van der Waals surface area contributed by atoms with Crippen LogP contribution in [0.3, 0.4) is 0 Å². The average Bonchev–Trinajstić information content (AvgIpc) is 3.36. The fraction of sp³-hybridized carbons (Fsp3) is 0.462. The number of benzene rings is 2. The van der Waals surface area contributed by atoms with Gasteiger partial charge in [0.1, 0.15) is 23.3 Å². The molecule has 1 fully saturated rings. The molecule has 0 aromatic heterocycles. The maximum Gasteiger partial charge on any atom is 0.261 e. The number of carbonyl (C=O) groups excluding carboxylic acids is 2. The van der Waals surface area contributed by atoms with E-state index in [0.717, 1.165) is 25.7 Å². The Labute approximate surface area is 216 Å². The van der Waals surface area contributed by atoms with Crippen LogP contribution in [0.4, 0.5) is 0 Å². The lowest BCUT2D eigenvalue weighted by atomic mass is 10.1. The molecule has 1 saturated carbocycles. The van der Waals surface area contributed by atoms with E-state index in [-0.39, 0.29) is 31.0 Å². The molecule has 9 heteroatoms. The molecule has 2 aromatic carbocycles. The third kappa shape index (κ3) is 7.18. The molecule has 7 nitrogen and oxygen atoms in total. The van der Waals surface area contributed by atoms with Crippen molar-refractivity contribution in [3.63, 3.8) is 0 Å². The summed E-state index contributed by atoms with van der Waals surface area (Å²) in [5.74, 6) is 0.937. The minimum Gasteiger partial charge on any atom is -0.496 e. The van der Waals surface area contributed by atoms with Crippen molar-refractivity contribution in [3.05, 3.63) is 52.0 Å². The molecule has 3 rings (SSSR count). The highest BCUT2D eigenvalue weighted by atomic mass is 35.5. The van der Waals surface area contributed by atoms with Crippen molar-refractivity contribution in [2.45, 2.75) is 57.7 Å². The summed E-state index contributed by atoms with van der Waals surface area (Å²) in [5.41, 5.74) is 0.583. The van der Waals surface area contributed by atoms with Crippen molar-refractivity contribution in [3.8, 4) is 17.2 Å². The minimum atomic E-state index is -0.695. The quantitative estimate of drug-likeness (QED) is 0.435. The lowest BCUT2D eigenvalue weighted by Crippen LogP contribution is -2.52. The monoisotopic (exact) mass is 522 g/mol. The van der Waals surface area contributed by atoms with Crippen LogP contribution in [0.25, 0.3) is 0 Å². The maximum absolute atomic E-state index is 13.5. The lowest BCUT2D eigenvalue weighted by molar-refractivity contribution is -0.143. The van der Waals surface area contributed by atoms with Gasteiger partial charge >= 0.3 is 0 Å². The summed E-state index contributed by atoms with van der Waals surface area (Å²) in [4.78, 5) is 28.2. The number of nitrogens with one attached hydrogen (secondary N) is 1. The summed E-state index contributed by atoms with van der Waals surface area (Å²) in [6.45, 7) is 1.67. The van der Waals surface area contributed by atoms with Gasteiger partial charge in [0.15, 0.2) is 6.61 Å². The van der Waals surface area contributed by atoms with Gasteiger partial charge in [-0.05, 0) is 31.4 Å². The van der Waals surface area contributed by atoms with Crippen LogP contribution >= 0.6 is 23.2 Å². The standard InChI is InChI=1S/C26H32Cl2N2O5/c1-4-24(26(32)29-17-8-5-6-9-17)30(15-21-22(27)10-7-11-23(21)28)25(31)16-35-20-13-18(33-2)12-19(14-20)34-3/h7,10-14,17,24H,4-6,8-9,15-16H2,1-3H3,(H,29,32)/t24-/m1/s1. The molecule has 1 aliphatic carbocycles. The number of amides is 2. The molecule has 0 radical (unpaired) electrons. The number of hydrogen-bond donors (Lipinski definition) is 1. The molecule has 0 unspecified atom stereocenters. The second-order valence-corrected chi connectivity index (χ2v) is 9.29. The van der Waals surface area contributed by atoms with E-state index in [0.29, 0.717) is 39.3 Å². The van der Waals surface area contributed by atoms with Gasteiger partial charge in [-0.1, -0.05) is 49.0 Å². The highest BCUT2D eigenvalue weighted by Gasteiger charge is 2.31. The Bertz CT molecular complexity index is 984. The Morgan fingerprint density at radius 3 is 2.14 bits per heavy atom. The molecule has 0 aliphatic heterocycles. The largest absolute Gasteiger partial charge is 0.496 e. The lowest BCUT2D eigenvalue weighted by Gasteiger charge is -2.32. The molecule has 0 spiro atoms. The maximum atomic E-state index is 13.5. The highest BCUT2D eigenvalue weighted by molar-refractivity contribution is 6.36. The van der Waals surface area contributed by atoms with Gasteiger partial charge < -0.3 is 24.4 Å². The van der Waals surface area contributed by atoms with E-state index < -0.39 is 6.04 Å². The first-order valence-electron chi connectivity index (χ1n) is 11.7. The van der Waals surface area contributed by atoms with E-state index in [9.17, 15) is 9.59 Å². The number of hydrogen-bond acceptors (Lipinski definition) is 5. The molecule has 0 saturated heterocycles. The van der Waals surface area contributed by atoms with Crippen LogP contribution in [0.2, 0.25) is 10.0 Å². The minimum absolute atomic E-state index is 0.0821. The van der Waals surface area contributed by atoms with Crippen molar-refractivity contribution in [1.29, 1.82) is 0 Å². The highest BCUT2D eigenvalue weighted by Crippen LogP contribution is 2.29. The fourth-order valence-electron chi connectivity index (χ4n) is 4.23. The van der Waals surface area contributed by atoms with E-state index in [1.165, 1.54) is 19.1 Å². The van der Waals surface area contributed by atoms with Crippen molar-refractivity contribution in [1.82, 2.24) is 10.2 Å². The van der Waals surface area contributed by atoms with E-state index in [1.54, 1.807) is 36.4 Å². The van der Waals surface area contributed by atoms with Gasteiger partial charge in [0.25, 0.3) is 5.91 Å². The number of halogens is 2. The molecule has 2 aromatic rings. The predicted molar refractivity (Wildman–Crippen MR) is 137 cm³/mol. The molecule has 0 bridgehead atoms. The van der Waals surface area contributed by atoms with E-state index >= 15 is 0 Å². The number of carbonyl (C=O) groups is 2. The van der Waals surface area contributed by atoms with Crippen LogP contribution in [0.5, 0.6) is 17.2 Å². The Hall–Kier alpha value is -2.64. The fourth-order valence-corrected chi connectivity index (χ4v) is 4.75. The second-order valence-electron chi connectivity index (χ2n) is 8.47. The predicted octanol–water partition coefficient (Wildman–Crippen LogP) is 5.26. The van der Waals surface area contributed by atoms with Crippen LogP contribution in [-0.2, 0) is 16.1 Å². The molecule has 1 aliphatic rings.